The maximum absolute atomic E-state index is 12.8. The summed E-state index contributed by atoms with van der Waals surface area (Å²) < 4.78 is 0.528. The molecule has 1 amide bonds. The third-order valence-electron chi connectivity index (χ3n) is 5.18. The lowest BCUT2D eigenvalue weighted by Gasteiger charge is -2.45. The summed E-state index contributed by atoms with van der Waals surface area (Å²) in [5.74, 6) is 0.853. The molecule has 0 spiro atoms. The van der Waals surface area contributed by atoms with Crippen molar-refractivity contribution < 1.29 is 14.3 Å². The van der Waals surface area contributed by atoms with Gasteiger partial charge in [-0.25, -0.2) is 4.79 Å². The molecule has 1 aromatic rings. The number of piperidine rings is 3. The molecule has 2 bridgehead atoms. The average Bonchev–Trinajstić information content (AvgIpc) is 2.60. The van der Waals surface area contributed by atoms with E-state index < -0.39 is 0 Å². The second-order valence-electron chi connectivity index (χ2n) is 6.74. The zero-order valence-corrected chi connectivity index (χ0v) is 13.8. The number of carbonyl (C=O) groups excluding carboxylic acids is 1. The summed E-state index contributed by atoms with van der Waals surface area (Å²) in [7, 11) is 0. The normalized spacial score (nSPS) is 25.8. The van der Waals surface area contributed by atoms with Gasteiger partial charge in [0.1, 0.15) is 19.6 Å². The summed E-state index contributed by atoms with van der Waals surface area (Å²) in [6, 6.07) is 9.83. The van der Waals surface area contributed by atoms with Crippen LogP contribution in [-0.4, -0.2) is 36.9 Å². The van der Waals surface area contributed by atoms with Gasteiger partial charge in [-0.1, -0.05) is 24.3 Å². The Labute approximate surface area is 138 Å². The van der Waals surface area contributed by atoms with Crippen LogP contribution in [0.2, 0.25) is 0 Å². The van der Waals surface area contributed by atoms with Gasteiger partial charge in [-0.2, -0.15) is 0 Å². The predicted molar refractivity (Wildman–Crippen MR) is 91.9 cm³/mol. The Morgan fingerprint density at radius 1 is 1.22 bits per heavy atom. The van der Waals surface area contributed by atoms with E-state index in [-0.39, 0.29) is 6.09 Å². The second kappa shape index (κ2) is 7.18. The molecule has 0 aromatic heterocycles. The van der Waals surface area contributed by atoms with Crippen LogP contribution >= 0.6 is 0 Å². The standard InChI is InChI=1S/C19H27N2O2/c1-2-3-7-13-20(18-8-5-4-6-9-18)19(22)23-21-14-10-17(11-15-21)12-16-21/h2,4-6,8-9,17H,1,3,7,10-16H2/q+1. The monoisotopic (exact) mass is 315 g/mol. The molecule has 4 heteroatoms. The minimum atomic E-state index is -0.208. The molecule has 3 saturated heterocycles. The third-order valence-corrected chi connectivity index (χ3v) is 5.18. The fourth-order valence-electron chi connectivity index (χ4n) is 3.70. The van der Waals surface area contributed by atoms with E-state index in [1.807, 2.05) is 36.4 Å². The number of allylic oxidation sites excluding steroid dienone is 1. The van der Waals surface area contributed by atoms with Crippen LogP contribution in [0.1, 0.15) is 32.1 Å². The lowest BCUT2D eigenvalue weighted by Crippen LogP contribution is -2.60. The van der Waals surface area contributed by atoms with Gasteiger partial charge in [-0.05, 0) is 30.9 Å². The molecule has 0 aliphatic carbocycles. The molecular formula is C19H27N2O2+. The fraction of sp³-hybridized carbons (Fsp3) is 0.526. The van der Waals surface area contributed by atoms with Crippen molar-refractivity contribution in [2.45, 2.75) is 32.1 Å². The van der Waals surface area contributed by atoms with E-state index in [4.69, 9.17) is 4.84 Å². The number of fused-ring (bicyclic) bond motifs is 3. The molecule has 0 unspecified atom stereocenters. The number of hydrogen-bond acceptors (Lipinski definition) is 2. The van der Waals surface area contributed by atoms with E-state index in [1.165, 1.54) is 19.3 Å². The van der Waals surface area contributed by atoms with Crippen LogP contribution in [-0.2, 0) is 4.84 Å². The van der Waals surface area contributed by atoms with Gasteiger partial charge in [0.05, 0.1) is 0 Å². The maximum atomic E-state index is 12.8. The minimum Gasteiger partial charge on any atom is -0.273 e. The highest BCUT2D eigenvalue weighted by atomic mass is 16.8. The highest BCUT2D eigenvalue weighted by Crippen LogP contribution is 2.34. The minimum absolute atomic E-state index is 0.208. The molecule has 1 aromatic carbocycles. The fourth-order valence-corrected chi connectivity index (χ4v) is 3.70. The molecule has 4 rings (SSSR count). The Balaban J connectivity index is 1.70. The van der Waals surface area contributed by atoms with Gasteiger partial charge in [0.15, 0.2) is 0 Å². The van der Waals surface area contributed by atoms with Crippen molar-refractivity contribution in [2.24, 2.45) is 5.92 Å². The summed E-state index contributed by atoms with van der Waals surface area (Å²) in [4.78, 5) is 20.6. The lowest BCUT2D eigenvalue weighted by molar-refractivity contribution is -1.10. The van der Waals surface area contributed by atoms with Gasteiger partial charge in [0.25, 0.3) is 0 Å². The van der Waals surface area contributed by atoms with Crippen molar-refractivity contribution in [1.82, 2.24) is 0 Å². The molecule has 124 valence electrons. The van der Waals surface area contributed by atoms with E-state index in [2.05, 4.69) is 6.58 Å². The Morgan fingerprint density at radius 2 is 1.87 bits per heavy atom. The first-order valence-corrected chi connectivity index (χ1v) is 8.75. The van der Waals surface area contributed by atoms with Crippen molar-refractivity contribution in [3.63, 3.8) is 0 Å². The van der Waals surface area contributed by atoms with Crippen molar-refractivity contribution >= 4 is 11.8 Å². The van der Waals surface area contributed by atoms with E-state index in [0.717, 1.165) is 44.1 Å². The van der Waals surface area contributed by atoms with E-state index in [9.17, 15) is 4.79 Å². The number of unbranched alkanes of at least 4 members (excludes halogenated alkanes) is 1. The number of anilines is 1. The first-order chi connectivity index (χ1) is 11.2. The van der Waals surface area contributed by atoms with Crippen molar-refractivity contribution in [1.29, 1.82) is 0 Å². The van der Waals surface area contributed by atoms with Crippen LogP contribution in [0.25, 0.3) is 0 Å². The molecule has 0 radical (unpaired) electrons. The van der Waals surface area contributed by atoms with Gasteiger partial charge >= 0.3 is 6.09 Å². The topological polar surface area (TPSA) is 29.5 Å². The van der Waals surface area contributed by atoms with Gasteiger partial charge in [0, 0.05) is 31.5 Å². The molecule has 23 heavy (non-hydrogen) atoms. The summed E-state index contributed by atoms with van der Waals surface area (Å²) in [5.41, 5.74) is 0.909. The number of amides is 1. The SMILES string of the molecule is C=CCCCN(C(=O)O[N+]12CCC(CC1)CC2)c1ccccc1. The summed E-state index contributed by atoms with van der Waals surface area (Å²) >= 11 is 0. The van der Waals surface area contributed by atoms with Crippen LogP contribution < -0.4 is 4.90 Å². The molecule has 0 atom stereocenters. The van der Waals surface area contributed by atoms with Gasteiger partial charge in [0.2, 0.25) is 0 Å². The number of carbonyl (C=O) groups is 1. The summed E-state index contributed by atoms with van der Waals surface area (Å²) in [6.07, 6.45) is 7.05. The van der Waals surface area contributed by atoms with Crippen molar-refractivity contribution in [3.05, 3.63) is 43.0 Å². The first-order valence-electron chi connectivity index (χ1n) is 8.75. The van der Waals surface area contributed by atoms with Gasteiger partial charge < -0.3 is 0 Å². The van der Waals surface area contributed by atoms with Crippen LogP contribution in [0.4, 0.5) is 10.5 Å². The lowest BCUT2D eigenvalue weighted by atomic mass is 9.88. The smallest absolute Gasteiger partial charge is 0.273 e. The summed E-state index contributed by atoms with van der Waals surface area (Å²) in [5, 5.41) is 0. The molecule has 4 nitrogen and oxygen atoms in total. The quantitative estimate of drug-likeness (QED) is 0.448. The molecule has 3 aliphatic rings. The number of nitrogens with zero attached hydrogens (tertiary/aromatic N) is 2. The zero-order chi connectivity index (χ0) is 16.1. The number of hydrogen-bond donors (Lipinski definition) is 0. The highest BCUT2D eigenvalue weighted by molar-refractivity contribution is 5.87. The van der Waals surface area contributed by atoms with E-state index in [0.29, 0.717) is 11.2 Å². The summed E-state index contributed by atoms with van der Waals surface area (Å²) in [6.45, 7) is 7.36. The van der Waals surface area contributed by atoms with Crippen LogP contribution in [0.15, 0.2) is 43.0 Å². The zero-order valence-electron chi connectivity index (χ0n) is 13.8. The van der Waals surface area contributed by atoms with Crippen LogP contribution in [0.3, 0.4) is 0 Å². The van der Waals surface area contributed by atoms with E-state index >= 15 is 0 Å². The molecule has 0 N–H and O–H groups in total. The first kappa shape index (κ1) is 16.1. The predicted octanol–water partition coefficient (Wildman–Crippen LogP) is 4.14. The van der Waals surface area contributed by atoms with Crippen molar-refractivity contribution in [2.75, 3.05) is 31.1 Å². The Hall–Kier alpha value is -1.81. The van der Waals surface area contributed by atoms with E-state index in [1.54, 1.807) is 4.90 Å². The van der Waals surface area contributed by atoms with Gasteiger partial charge in [-0.15, -0.1) is 11.2 Å². The Kier molecular flexibility index (Phi) is 5.01. The Morgan fingerprint density at radius 3 is 2.48 bits per heavy atom. The number of hydroxylamine groups is 3. The second-order valence-corrected chi connectivity index (χ2v) is 6.74. The number of benzene rings is 1. The third kappa shape index (κ3) is 3.75. The number of quaternary nitrogens is 1. The highest BCUT2D eigenvalue weighted by Gasteiger charge is 2.44. The largest absolute Gasteiger partial charge is 0.468 e. The molecule has 3 fully saturated rings. The molecule has 3 aliphatic heterocycles. The maximum Gasteiger partial charge on any atom is 0.468 e. The van der Waals surface area contributed by atoms with Crippen molar-refractivity contribution in [3.8, 4) is 0 Å². The molecular weight excluding hydrogens is 288 g/mol. The molecule has 3 heterocycles. The Bertz CT molecular complexity index is 522. The average molecular weight is 315 g/mol. The van der Waals surface area contributed by atoms with Crippen LogP contribution in [0, 0.1) is 5.92 Å². The number of rotatable bonds is 6. The number of para-hydroxylation sites is 1. The van der Waals surface area contributed by atoms with Crippen LogP contribution in [0.5, 0.6) is 0 Å². The molecule has 0 saturated carbocycles. The van der Waals surface area contributed by atoms with Gasteiger partial charge in [-0.3, -0.25) is 9.74 Å².